The van der Waals surface area contributed by atoms with Crippen molar-refractivity contribution in [1.82, 2.24) is 20.1 Å². The average Bonchev–Trinajstić information content (AvgIpc) is 2.61. The third-order valence-corrected chi connectivity index (χ3v) is 3.55. The SMILES string of the molecule is CNC(C)(CO)CSc1ncnn1C. The van der Waals surface area contributed by atoms with Crippen molar-refractivity contribution < 1.29 is 5.11 Å². The molecule has 0 radical (unpaired) electrons. The third kappa shape index (κ3) is 2.70. The zero-order valence-electron chi connectivity index (χ0n) is 8.69. The van der Waals surface area contributed by atoms with Gasteiger partial charge < -0.3 is 10.4 Å². The summed E-state index contributed by atoms with van der Waals surface area (Å²) in [6, 6.07) is 0. The number of aliphatic hydroxyl groups is 1. The van der Waals surface area contributed by atoms with Crippen molar-refractivity contribution in [3.8, 4) is 0 Å². The van der Waals surface area contributed by atoms with E-state index in [1.165, 1.54) is 6.33 Å². The van der Waals surface area contributed by atoms with E-state index in [1.807, 2.05) is 21.0 Å². The Kier molecular flexibility index (Phi) is 3.91. The van der Waals surface area contributed by atoms with E-state index >= 15 is 0 Å². The number of rotatable bonds is 5. The average molecular weight is 216 g/mol. The van der Waals surface area contributed by atoms with Crippen molar-refractivity contribution in [2.24, 2.45) is 7.05 Å². The van der Waals surface area contributed by atoms with Gasteiger partial charge in [-0.05, 0) is 14.0 Å². The Hall–Kier alpha value is -0.590. The number of thioether (sulfide) groups is 1. The Morgan fingerprint density at radius 1 is 1.71 bits per heavy atom. The predicted molar refractivity (Wildman–Crippen MR) is 56.3 cm³/mol. The fourth-order valence-electron chi connectivity index (χ4n) is 0.837. The van der Waals surface area contributed by atoms with Gasteiger partial charge in [0.05, 0.1) is 6.61 Å². The summed E-state index contributed by atoms with van der Waals surface area (Å²) in [5, 5.41) is 17.1. The molecule has 1 atom stereocenters. The van der Waals surface area contributed by atoms with E-state index in [4.69, 9.17) is 5.11 Å². The Balaban J connectivity index is 2.52. The number of nitrogens with one attached hydrogen (secondary N) is 1. The maximum atomic E-state index is 9.16. The summed E-state index contributed by atoms with van der Waals surface area (Å²) in [7, 11) is 3.69. The molecule has 1 aromatic heterocycles. The summed E-state index contributed by atoms with van der Waals surface area (Å²) in [5.74, 6) is 0.756. The van der Waals surface area contributed by atoms with Gasteiger partial charge in [0.1, 0.15) is 6.33 Å². The van der Waals surface area contributed by atoms with Gasteiger partial charge in [-0.3, -0.25) is 0 Å². The van der Waals surface area contributed by atoms with Crippen LogP contribution in [0.15, 0.2) is 11.5 Å². The smallest absolute Gasteiger partial charge is 0.185 e. The van der Waals surface area contributed by atoms with E-state index in [1.54, 1.807) is 16.4 Å². The lowest BCUT2D eigenvalue weighted by Gasteiger charge is -2.25. The van der Waals surface area contributed by atoms with E-state index in [2.05, 4.69) is 15.4 Å². The molecule has 1 unspecified atom stereocenters. The van der Waals surface area contributed by atoms with Crippen molar-refractivity contribution in [2.75, 3.05) is 19.4 Å². The molecule has 0 amide bonds. The number of hydrogen-bond acceptors (Lipinski definition) is 5. The van der Waals surface area contributed by atoms with Gasteiger partial charge in [-0.15, -0.1) is 0 Å². The first-order chi connectivity index (χ1) is 6.61. The molecule has 0 aliphatic heterocycles. The van der Waals surface area contributed by atoms with E-state index < -0.39 is 0 Å². The molecule has 5 nitrogen and oxygen atoms in total. The molecule has 80 valence electrons. The van der Waals surface area contributed by atoms with Gasteiger partial charge in [-0.2, -0.15) is 5.10 Å². The summed E-state index contributed by atoms with van der Waals surface area (Å²) in [5.41, 5.74) is -0.267. The highest BCUT2D eigenvalue weighted by atomic mass is 32.2. The zero-order chi connectivity index (χ0) is 10.6. The normalized spacial score (nSPS) is 15.4. The van der Waals surface area contributed by atoms with Crippen molar-refractivity contribution in [3.63, 3.8) is 0 Å². The first kappa shape index (κ1) is 11.5. The van der Waals surface area contributed by atoms with E-state index in [0.717, 1.165) is 10.9 Å². The van der Waals surface area contributed by atoms with Crippen molar-refractivity contribution in [2.45, 2.75) is 17.6 Å². The van der Waals surface area contributed by atoms with Gasteiger partial charge in [-0.1, -0.05) is 11.8 Å². The highest BCUT2D eigenvalue weighted by Gasteiger charge is 2.21. The molecule has 0 bridgehead atoms. The molecule has 6 heteroatoms. The van der Waals surface area contributed by atoms with Gasteiger partial charge >= 0.3 is 0 Å². The molecule has 0 aliphatic rings. The van der Waals surface area contributed by atoms with Crippen LogP contribution in [0, 0.1) is 0 Å². The largest absolute Gasteiger partial charge is 0.394 e. The number of aromatic nitrogens is 3. The number of aliphatic hydroxyl groups excluding tert-OH is 1. The van der Waals surface area contributed by atoms with Gasteiger partial charge in [0.2, 0.25) is 0 Å². The van der Waals surface area contributed by atoms with E-state index in [9.17, 15) is 0 Å². The van der Waals surface area contributed by atoms with Crippen LogP contribution < -0.4 is 5.32 Å². The van der Waals surface area contributed by atoms with Gasteiger partial charge in [-0.25, -0.2) is 9.67 Å². The maximum Gasteiger partial charge on any atom is 0.185 e. The summed E-state index contributed by atoms with van der Waals surface area (Å²) in [6.07, 6.45) is 1.53. The molecule has 2 N–H and O–H groups in total. The number of nitrogens with zero attached hydrogens (tertiary/aromatic N) is 3. The van der Waals surface area contributed by atoms with Crippen LogP contribution in [0.1, 0.15) is 6.92 Å². The summed E-state index contributed by atoms with van der Waals surface area (Å²) >= 11 is 1.58. The first-order valence-electron chi connectivity index (χ1n) is 4.38. The fourth-order valence-corrected chi connectivity index (χ4v) is 1.88. The van der Waals surface area contributed by atoms with Crippen LogP contribution in [0.25, 0.3) is 0 Å². The topological polar surface area (TPSA) is 63.0 Å². The van der Waals surface area contributed by atoms with Gasteiger partial charge in [0.15, 0.2) is 5.16 Å². The lowest BCUT2D eigenvalue weighted by Crippen LogP contribution is -2.45. The van der Waals surface area contributed by atoms with Gasteiger partial charge in [0.25, 0.3) is 0 Å². The Morgan fingerprint density at radius 2 is 2.43 bits per heavy atom. The minimum absolute atomic E-state index is 0.106. The highest BCUT2D eigenvalue weighted by molar-refractivity contribution is 7.99. The number of likely N-dealkylation sites (N-methyl/N-ethyl adjacent to an activating group) is 1. The molecule has 0 saturated carbocycles. The Labute approximate surface area is 87.9 Å². The molecule has 0 aromatic carbocycles. The molecule has 0 fully saturated rings. The van der Waals surface area contributed by atoms with E-state index in [-0.39, 0.29) is 12.1 Å². The number of aryl methyl sites for hydroxylation is 1. The van der Waals surface area contributed by atoms with Crippen LogP contribution in [-0.4, -0.2) is 44.8 Å². The zero-order valence-corrected chi connectivity index (χ0v) is 9.51. The second kappa shape index (κ2) is 4.77. The van der Waals surface area contributed by atoms with Gasteiger partial charge in [0, 0.05) is 18.3 Å². The predicted octanol–water partition coefficient (Wildman–Crippen LogP) is -0.122. The Morgan fingerprint density at radius 3 is 2.86 bits per heavy atom. The molecular weight excluding hydrogens is 200 g/mol. The summed E-state index contributed by atoms with van der Waals surface area (Å²) in [4.78, 5) is 4.09. The van der Waals surface area contributed by atoms with Crippen LogP contribution in [0.4, 0.5) is 0 Å². The third-order valence-electron chi connectivity index (χ3n) is 2.14. The molecule has 14 heavy (non-hydrogen) atoms. The first-order valence-corrected chi connectivity index (χ1v) is 5.36. The monoisotopic (exact) mass is 216 g/mol. The lowest BCUT2D eigenvalue weighted by molar-refractivity contribution is 0.200. The van der Waals surface area contributed by atoms with Crippen LogP contribution >= 0.6 is 11.8 Å². The standard InChI is InChI=1S/C8H16N4OS/c1-8(4-13,9-2)5-14-7-10-6-11-12(7)3/h6,9,13H,4-5H2,1-3H3. The van der Waals surface area contributed by atoms with Crippen LogP contribution in [0.3, 0.4) is 0 Å². The minimum atomic E-state index is -0.267. The van der Waals surface area contributed by atoms with Crippen LogP contribution in [0.2, 0.25) is 0 Å². The molecular formula is C8H16N4OS. The van der Waals surface area contributed by atoms with Crippen LogP contribution in [0.5, 0.6) is 0 Å². The second-order valence-corrected chi connectivity index (χ2v) is 4.37. The van der Waals surface area contributed by atoms with Crippen LogP contribution in [-0.2, 0) is 7.05 Å². The van der Waals surface area contributed by atoms with E-state index in [0.29, 0.717) is 0 Å². The molecule has 1 rings (SSSR count). The second-order valence-electron chi connectivity index (χ2n) is 3.42. The maximum absolute atomic E-state index is 9.16. The summed E-state index contributed by atoms with van der Waals surface area (Å²) < 4.78 is 1.72. The summed E-state index contributed by atoms with van der Waals surface area (Å²) in [6.45, 7) is 2.07. The fraction of sp³-hybridized carbons (Fsp3) is 0.750. The van der Waals surface area contributed by atoms with Crippen molar-refractivity contribution >= 4 is 11.8 Å². The van der Waals surface area contributed by atoms with Crippen molar-refractivity contribution in [3.05, 3.63) is 6.33 Å². The quantitative estimate of drug-likeness (QED) is 0.672. The minimum Gasteiger partial charge on any atom is -0.394 e. The molecule has 0 aliphatic carbocycles. The lowest BCUT2D eigenvalue weighted by atomic mass is 10.1. The Bertz CT molecular complexity index is 285. The van der Waals surface area contributed by atoms with Crippen molar-refractivity contribution in [1.29, 1.82) is 0 Å². The molecule has 0 spiro atoms. The molecule has 0 saturated heterocycles. The number of hydrogen-bond donors (Lipinski definition) is 2. The molecule has 1 heterocycles. The highest BCUT2D eigenvalue weighted by Crippen LogP contribution is 2.19. The molecule has 1 aromatic rings.